The van der Waals surface area contributed by atoms with Gasteiger partial charge in [0.1, 0.15) is 0 Å². The van der Waals surface area contributed by atoms with Gasteiger partial charge in [0, 0.05) is 27.0 Å². The van der Waals surface area contributed by atoms with Crippen molar-refractivity contribution in [1.29, 1.82) is 0 Å². The van der Waals surface area contributed by atoms with E-state index in [1.54, 1.807) is 4.31 Å². The summed E-state index contributed by atoms with van der Waals surface area (Å²) in [6, 6.07) is 11.1. The van der Waals surface area contributed by atoms with Crippen molar-refractivity contribution in [3.8, 4) is 0 Å². The predicted molar refractivity (Wildman–Crippen MR) is 129 cm³/mol. The number of benzene rings is 2. The first kappa shape index (κ1) is 22.2. The van der Waals surface area contributed by atoms with Crippen molar-refractivity contribution in [1.82, 2.24) is 0 Å². The first-order chi connectivity index (χ1) is 15.1. The fourth-order valence-corrected chi connectivity index (χ4v) is 9.10. The number of rotatable bonds is 4. The summed E-state index contributed by atoms with van der Waals surface area (Å²) in [5.74, 6) is 0.175. The Hall–Kier alpha value is -1.59. The molecule has 2 aliphatic heterocycles. The molecule has 0 aromatic heterocycles. The minimum atomic E-state index is -3.92. The van der Waals surface area contributed by atoms with Gasteiger partial charge in [0.15, 0.2) is 0 Å². The van der Waals surface area contributed by atoms with Crippen molar-refractivity contribution in [2.24, 2.45) is 11.7 Å². The van der Waals surface area contributed by atoms with Gasteiger partial charge in [0.25, 0.3) is 10.0 Å². The number of carbonyl (C=O) groups excluding carboxylic acids is 1. The summed E-state index contributed by atoms with van der Waals surface area (Å²) < 4.78 is 51.0. The molecule has 0 bridgehead atoms. The van der Waals surface area contributed by atoms with Crippen LogP contribution in [0.25, 0.3) is 0 Å². The predicted octanol–water partition coefficient (Wildman–Crippen LogP) is 4.32. The smallest absolute Gasteiger partial charge is 0.264 e. The Bertz CT molecular complexity index is 1190. The molecule has 2 aromatic rings. The standard InChI is InChI=1S/C22H25BrN2O5S2/c23-16-5-8-19-18(13-16)22(9-11-31(27,28)12-10-22)20(14-1-2-14)25(19)32(29,30)17-6-3-15(4-7-17)21(24)26/h3-8,13-14,20,27-28H,1-2,9-12H2,(H2,24,26). The van der Waals surface area contributed by atoms with E-state index < -0.39 is 31.9 Å². The maximum Gasteiger partial charge on any atom is 0.264 e. The molecule has 3 aliphatic rings. The zero-order chi connectivity index (χ0) is 22.9. The van der Waals surface area contributed by atoms with Crippen LogP contribution in [-0.2, 0) is 15.4 Å². The molecule has 4 N–H and O–H groups in total. The number of fused-ring (bicyclic) bond motifs is 2. The molecule has 1 unspecified atom stereocenters. The van der Waals surface area contributed by atoms with Crippen LogP contribution >= 0.6 is 26.5 Å². The van der Waals surface area contributed by atoms with Gasteiger partial charge in [-0.3, -0.25) is 18.2 Å². The summed E-state index contributed by atoms with van der Waals surface area (Å²) in [5.41, 5.74) is 6.72. The Kier molecular flexibility index (Phi) is 5.18. The molecule has 0 radical (unpaired) electrons. The molecule has 1 saturated heterocycles. The number of anilines is 1. The SMILES string of the molecule is NC(=O)c1ccc(S(=O)(=O)N2c3ccc(Br)cc3C3(CCS(O)(O)CC3)C2C2CC2)cc1. The van der Waals surface area contributed by atoms with E-state index in [2.05, 4.69) is 15.9 Å². The van der Waals surface area contributed by atoms with E-state index >= 15 is 0 Å². The molecular formula is C22H25BrN2O5S2. The second-order valence-corrected chi connectivity index (χ2v) is 14.2. The van der Waals surface area contributed by atoms with E-state index in [-0.39, 0.29) is 33.9 Å². The average molecular weight is 541 g/mol. The van der Waals surface area contributed by atoms with Gasteiger partial charge in [-0.25, -0.2) is 8.42 Å². The van der Waals surface area contributed by atoms with Crippen molar-refractivity contribution in [3.05, 3.63) is 58.1 Å². The Labute approximate surface area is 197 Å². The molecular weight excluding hydrogens is 516 g/mol. The topological polar surface area (TPSA) is 121 Å². The monoisotopic (exact) mass is 540 g/mol. The van der Waals surface area contributed by atoms with Crippen LogP contribution < -0.4 is 10.0 Å². The highest BCUT2D eigenvalue weighted by molar-refractivity contribution is 9.10. The van der Waals surface area contributed by atoms with Gasteiger partial charge < -0.3 is 5.73 Å². The summed E-state index contributed by atoms with van der Waals surface area (Å²) >= 11 is 3.54. The van der Waals surface area contributed by atoms with Crippen LogP contribution in [0, 0.1) is 5.92 Å². The number of nitrogens with zero attached hydrogens (tertiary/aromatic N) is 1. The summed E-state index contributed by atoms with van der Waals surface area (Å²) in [5, 5.41) is 0. The Morgan fingerprint density at radius 2 is 1.72 bits per heavy atom. The lowest BCUT2D eigenvalue weighted by atomic mass is 9.70. The lowest BCUT2D eigenvalue weighted by molar-refractivity contribution is 0.1000. The first-order valence-corrected chi connectivity index (χ1v) is 14.6. The van der Waals surface area contributed by atoms with Gasteiger partial charge in [0.05, 0.1) is 16.6 Å². The quantitative estimate of drug-likeness (QED) is 0.533. The zero-order valence-electron chi connectivity index (χ0n) is 17.3. The molecule has 2 heterocycles. The molecule has 1 spiro atoms. The van der Waals surface area contributed by atoms with Crippen LogP contribution in [0.4, 0.5) is 5.69 Å². The van der Waals surface area contributed by atoms with E-state index in [4.69, 9.17) is 5.73 Å². The van der Waals surface area contributed by atoms with Gasteiger partial charge in [0.2, 0.25) is 5.91 Å². The number of halogens is 1. The largest absolute Gasteiger partial charge is 0.366 e. The number of amides is 1. The fourth-order valence-electron chi connectivity index (χ4n) is 5.35. The summed E-state index contributed by atoms with van der Waals surface area (Å²) in [7, 11) is -6.55. The van der Waals surface area contributed by atoms with Crippen LogP contribution in [-0.4, -0.2) is 41.0 Å². The third-order valence-corrected chi connectivity index (χ3v) is 11.1. The van der Waals surface area contributed by atoms with Crippen molar-refractivity contribution >= 4 is 48.1 Å². The summed E-state index contributed by atoms with van der Waals surface area (Å²) in [6.07, 6.45) is 2.97. The number of carbonyl (C=O) groups is 1. The fraction of sp³-hybridized carbons (Fsp3) is 0.409. The minimum Gasteiger partial charge on any atom is -0.366 e. The molecule has 172 valence electrons. The molecule has 32 heavy (non-hydrogen) atoms. The molecule has 10 heteroatoms. The van der Waals surface area contributed by atoms with Gasteiger partial charge in [-0.15, -0.1) is 0 Å². The summed E-state index contributed by atoms with van der Waals surface area (Å²) in [6.45, 7) is 0. The van der Waals surface area contributed by atoms with Gasteiger partial charge in [-0.1, -0.05) is 15.9 Å². The van der Waals surface area contributed by atoms with Crippen molar-refractivity contribution in [3.63, 3.8) is 0 Å². The molecule has 5 rings (SSSR count). The van der Waals surface area contributed by atoms with Crippen molar-refractivity contribution in [2.75, 3.05) is 15.8 Å². The van der Waals surface area contributed by atoms with Crippen molar-refractivity contribution in [2.45, 2.75) is 42.0 Å². The Morgan fingerprint density at radius 3 is 2.28 bits per heavy atom. The third-order valence-electron chi connectivity index (χ3n) is 7.07. The second kappa shape index (κ2) is 7.46. The lowest BCUT2D eigenvalue weighted by Crippen LogP contribution is -2.51. The minimum absolute atomic E-state index is 0.110. The molecule has 1 aliphatic carbocycles. The van der Waals surface area contributed by atoms with Gasteiger partial charge in [-0.2, -0.15) is 10.6 Å². The van der Waals surface area contributed by atoms with Crippen LogP contribution in [0.2, 0.25) is 0 Å². The van der Waals surface area contributed by atoms with E-state index in [0.29, 0.717) is 18.5 Å². The van der Waals surface area contributed by atoms with E-state index in [1.165, 1.54) is 24.3 Å². The molecule has 7 nitrogen and oxygen atoms in total. The van der Waals surface area contributed by atoms with Crippen LogP contribution in [0.3, 0.4) is 0 Å². The van der Waals surface area contributed by atoms with Crippen LogP contribution in [0.5, 0.6) is 0 Å². The number of hydrogen-bond acceptors (Lipinski definition) is 5. The molecule has 1 saturated carbocycles. The van der Waals surface area contributed by atoms with E-state index in [0.717, 1.165) is 22.9 Å². The maximum absolute atomic E-state index is 14.0. The number of hydrogen-bond donors (Lipinski definition) is 3. The lowest BCUT2D eigenvalue weighted by Gasteiger charge is -2.48. The maximum atomic E-state index is 14.0. The molecule has 2 fully saturated rings. The first-order valence-electron chi connectivity index (χ1n) is 10.5. The summed E-state index contributed by atoms with van der Waals surface area (Å²) in [4.78, 5) is 11.5. The van der Waals surface area contributed by atoms with Gasteiger partial charge >= 0.3 is 0 Å². The Balaban J connectivity index is 1.66. The van der Waals surface area contributed by atoms with E-state index in [9.17, 15) is 22.3 Å². The highest BCUT2D eigenvalue weighted by atomic mass is 79.9. The number of primary amides is 1. The normalized spacial score (nSPS) is 24.8. The van der Waals surface area contributed by atoms with Crippen LogP contribution in [0.1, 0.15) is 41.6 Å². The van der Waals surface area contributed by atoms with Crippen LogP contribution in [0.15, 0.2) is 51.8 Å². The second-order valence-electron chi connectivity index (χ2n) is 9.00. The zero-order valence-corrected chi connectivity index (χ0v) is 20.5. The number of nitrogens with two attached hydrogens (primary N) is 1. The van der Waals surface area contributed by atoms with E-state index in [1.807, 2.05) is 18.2 Å². The van der Waals surface area contributed by atoms with Crippen molar-refractivity contribution < 1.29 is 22.3 Å². The molecule has 1 amide bonds. The van der Waals surface area contributed by atoms with Gasteiger partial charge in [-0.05, 0) is 79.6 Å². The third kappa shape index (κ3) is 3.47. The highest BCUT2D eigenvalue weighted by Crippen LogP contribution is 2.63. The average Bonchev–Trinajstić information content (AvgIpc) is 3.54. The Morgan fingerprint density at radius 1 is 1.09 bits per heavy atom. The number of sulfonamides is 1. The molecule has 1 atom stereocenters. The highest BCUT2D eigenvalue weighted by Gasteiger charge is 2.60. The molecule has 2 aromatic carbocycles.